The number of rotatable bonds is 5. The zero-order chi connectivity index (χ0) is 24.5. The summed E-state index contributed by atoms with van der Waals surface area (Å²) < 4.78 is 0. The van der Waals surface area contributed by atoms with E-state index in [0.29, 0.717) is 27.5 Å². The molecule has 5 rings (SSSR count). The molecule has 0 spiro atoms. The Bertz CT molecular complexity index is 1720. The molecule has 11 nitrogen and oxygen atoms in total. The number of H-pyrrole nitrogens is 2. The first kappa shape index (κ1) is 21.5. The Morgan fingerprint density at radius 2 is 1.69 bits per heavy atom. The maximum absolute atomic E-state index is 13.1. The Morgan fingerprint density at radius 1 is 0.943 bits per heavy atom. The molecule has 0 saturated carbocycles. The summed E-state index contributed by atoms with van der Waals surface area (Å²) in [6.07, 6.45) is 0. The molecule has 0 unspecified atom stereocenters. The zero-order valence-electron chi connectivity index (χ0n) is 17.9. The Morgan fingerprint density at radius 3 is 2.51 bits per heavy atom. The van der Waals surface area contributed by atoms with Crippen molar-refractivity contribution in [2.75, 3.05) is 5.32 Å². The van der Waals surface area contributed by atoms with Gasteiger partial charge in [0, 0.05) is 17.1 Å². The minimum atomic E-state index is -0.618. The first-order valence-corrected chi connectivity index (χ1v) is 10.3. The number of aromatic nitrogens is 2. The molecule has 0 bridgehead atoms. The van der Waals surface area contributed by atoms with E-state index >= 15 is 0 Å². The number of carbonyl (C=O) groups is 1. The molecule has 0 radical (unpaired) electrons. The molecule has 4 N–H and O–H groups in total. The second-order valence-corrected chi connectivity index (χ2v) is 7.58. The van der Waals surface area contributed by atoms with Crippen LogP contribution in [0.3, 0.4) is 0 Å². The molecular weight excluding hydrogens is 452 g/mol. The molecule has 0 saturated heterocycles. The largest absolute Gasteiger partial charge is 0.505 e. The van der Waals surface area contributed by atoms with Gasteiger partial charge in [0.05, 0.1) is 21.5 Å². The van der Waals surface area contributed by atoms with Crippen LogP contribution in [0, 0.1) is 10.1 Å². The van der Waals surface area contributed by atoms with Crippen LogP contribution in [-0.2, 0) is 0 Å². The van der Waals surface area contributed by atoms with E-state index in [2.05, 4.69) is 25.5 Å². The number of phenols is 1. The van der Waals surface area contributed by atoms with E-state index in [1.54, 1.807) is 48.5 Å². The van der Waals surface area contributed by atoms with Crippen LogP contribution in [0.2, 0.25) is 0 Å². The lowest BCUT2D eigenvalue weighted by Gasteiger charge is -2.11. The molecule has 1 heterocycles. The first-order chi connectivity index (χ1) is 16.9. The maximum Gasteiger partial charge on any atom is 0.323 e. The third kappa shape index (κ3) is 4.09. The number of nitrogens with one attached hydrogen (secondary N) is 3. The monoisotopic (exact) mass is 468 g/mol. The smallest absolute Gasteiger partial charge is 0.323 e. The van der Waals surface area contributed by atoms with Crippen molar-refractivity contribution < 1.29 is 14.8 Å². The fraction of sp³-hybridized carbons (Fsp3) is 0. The number of carbonyl (C=O) groups excluding carboxylic acids is 1. The number of aromatic hydroxyl groups is 1. The fourth-order valence-electron chi connectivity index (χ4n) is 3.71. The van der Waals surface area contributed by atoms with Crippen molar-refractivity contribution >= 4 is 50.5 Å². The predicted octanol–water partition coefficient (Wildman–Crippen LogP) is 5.29. The zero-order valence-corrected chi connectivity index (χ0v) is 17.9. The van der Waals surface area contributed by atoms with E-state index in [9.17, 15) is 24.8 Å². The van der Waals surface area contributed by atoms with Gasteiger partial charge in [-0.1, -0.05) is 36.4 Å². The van der Waals surface area contributed by atoms with E-state index in [1.165, 1.54) is 24.3 Å². The Labute approximate surface area is 195 Å². The second-order valence-electron chi connectivity index (χ2n) is 7.58. The molecule has 0 fully saturated rings. The van der Waals surface area contributed by atoms with Crippen molar-refractivity contribution in [3.63, 3.8) is 0 Å². The molecule has 0 atom stereocenters. The van der Waals surface area contributed by atoms with Gasteiger partial charge in [0.15, 0.2) is 11.4 Å². The molecule has 4 aromatic carbocycles. The van der Waals surface area contributed by atoms with E-state index in [-0.39, 0.29) is 28.3 Å². The van der Waals surface area contributed by atoms with Crippen LogP contribution in [0.1, 0.15) is 10.4 Å². The van der Waals surface area contributed by atoms with Crippen LogP contribution in [0.15, 0.2) is 87.8 Å². The van der Waals surface area contributed by atoms with Gasteiger partial charge in [-0.2, -0.15) is 0 Å². The third-order valence-electron chi connectivity index (χ3n) is 5.35. The summed E-state index contributed by atoms with van der Waals surface area (Å²) >= 11 is 0. The van der Waals surface area contributed by atoms with Crippen molar-refractivity contribution in [1.82, 2.24) is 9.97 Å². The first-order valence-electron chi connectivity index (χ1n) is 10.3. The number of aromatic amines is 2. The van der Waals surface area contributed by atoms with E-state index in [1.807, 2.05) is 0 Å². The number of nitro groups is 1. The van der Waals surface area contributed by atoms with Crippen molar-refractivity contribution in [1.29, 1.82) is 0 Å². The standard InChI is InChI=1S/C24H16N6O5/c31-22-16(23(32)25-14-9-10-17-19(12-14)27-24(33)26-17)11-13-5-1-2-6-15(13)21(22)29-28-18-7-3-4-8-20(18)30(34)35/h1-12,31H,(H,25,32)(H2,26,27,33). The minimum absolute atomic E-state index is 0.00295. The SMILES string of the molecule is O=C(Nc1ccc2[nH]c(=O)[nH]c2c1)c1cc2ccccc2c(N=Nc2ccccc2[N+](=O)[O-])c1O. The number of amides is 1. The molecule has 1 amide bonds. The van der Waals surface area contributed by atoms with Crippen molar-refractivity contribution in [3.05, 3.63) is 99.0 Å². The van der Waals surface area contributed by atoms with Crippen molar-refractivity contribution in [2.24, 2.45) is 10.2 Å². The number of benzene rings is 4. The van der Waals surface area contributed by atoms with Crippen LogP contribution >= 0.6 is 0 Å². The summed E-state index contributed by atoms with van der Waals surface area (Å²) in [4.78, 5) is 40.5. The highest BCUT2D eigenvalue weighted by Crippen LogP contribution is 2.40. The van der Waals surface area contributed by atoms with Gasteiger partial charge in [0.25, 0.3) is 11.6 Å². The Hall–Kier alpha value is -5.32. The molecule has 0 aliphatic rings. The fourth-order valence-corrected chi connectivity index (χ4v) is 3.71. The van der Waals surface area contributed by atoms with Crippen LogP contribution in [-0.4, -0.2) is 25.9 Å². The summed E-state index contributed by atoms with van der Waals surface area (Å²) in [5.41, 5.74) is 0.808. The lowest BCUT2D eigenvalue weighted by molar-refractivity contribution is -0.384. The van der Waals surface area contributed by atoms with Gasteiger partial charge < -0.3 is 20.4 Å². The van der Waals surface area contributed by atoms with Crippen LogP contribution in [0.25, 0.3) is 21.8 Å². The van der Waals surface area contributed by atoms with Crippen LogP contribution in [0.5, 0.6) is 5.75 Å². The number of azo groups is 1. The van der Waals surface area contributed by atoms with E-state index in [0.717, 1.165) is 0 Å². The number of fused-ring (bicyclic) bond motifs is 2. The summed E-state index contributed by atoms with van der Waals surface area (Å²) in [5.74, 6) is -1.05. The molecule has 172 valence electrons. The second kappa shape index (κ2) is 8.56. The summed E-state index contributed by atoms with van der Waals surface area (Å²) in [6, 6.07) is 19.1. The van der Waals surface area contributed by atoms with Gasteiger partial charge in [-0.15, -0.1) is 10.2 Å². The van der Waals surface area contributed by atoms with Crippen LogP contribution < -0.4 is 11.0 Å². The van der Waals surface area contributed by atoms with Gasteiger partial charge in [-0.25, -0.2) is 4.79 Å². The van der Waals surface area contributed by atoms with E-state index in [4.69, 9.17) is 0 Å². The number of hydrogen-bond acceptors (Lipinski definition) is 7. The molecule has 11 heteroatoms. The van der Waals surface area contributed by atoms with E-state index < -0.39 is 16.6 Å². The lowest BCUT2D eigenvalue weighted by Crippen LogP contribution is -2.12. The normalized spacial score (nSPS) is 11.3. The number of anilines is 1. The number of nitro benzene ring substituents is 1. The van der Waals surface area contributed by atoms with Crippen molar-refractivity contribution in [2.45, 2.75) is 0 Å². The number of para-hydroxylation sites is 1. The number of imidazole rings is 1. The van der Waals surface area contributed by atoms with Gasteiger partial charge in [-0.3, -0.25) is 14.9 Å². The Balaban J connectivity index is 1.56. The molecule has 0 aliphatic carbocycles. The third-order valence-corrected chi connectivity index (χ3v) is 5.35. The van der Waals surface area contributed by atoms with Gasteiger partial charge >= 0.3 is 5.69 Å². The molecule has 0 aliphatic heterocycles. The topological polar surface area (TPSA) is 166 Å². The molecular formula is C24H16N6O5. The highest BCUT2D eigenvalue weighted by molar-refractivity contribution is 6.12. The lowest BCUT2D eigenvalue weighted by atomic mass is 10.0. The molecule has 1 aromatic heterocycles. The summed E-state index contributed by atoms with van der Waals surface area (Å²) in [6.45, 7) is 0. The summed E-state index contributed by atoms with van der Waals surface area (Å²) in [7, 11) is 0. The van der Waals surface area contributed by atoms with Crippen molar-refractivity contribution in [3.8, 4) is 5.75 Å². The number of nitrogens with zero attached hydrogens (tertiary/aromatic N) is 3. The number of hydrogen-bond donors (Lipinski definition) is 4. The van der Waals surface area contributed by atoms with Crippen LogP contribution in [0.4, 0.5) is 22.7 Å². The predicted molar refractivity (Wildman–Crippen MR) is 130 cm³/mol. The quantitative estimate of drug-likeness (QED) is 0.156. The van der Waals surface area contributed by atoms with Gasteiger partial charge in [-0.05, 0) is 35.7 Å². The summed E-state index contributed by atoms with van der Waals surface area (Å²) in [5, 5.41) is 34.1. The highest BCUT2D eigenvalue weighted by atomic mass is 16.6. The van der Waals surface area contributed by atoms with Gasteiger partial charge in [0.1, 0.15) is 5.69 Å². The Kier molecular flexibility index (Phi) is 5.26. The highest BCUT2D eigenvalue weighted by Gasteiger charge is 2.19. The van der Waals surface area contributed by atoms with Gasteiger partial charge in [0.2, 0.25) is 0 Å². The average Bonchev–Trinajstić information content (AvgIpc) is 3.22. The molecule has 35 heavy (non-hydrogen) atoms. The minimum Gasteiger partial charge on any atom is -0.505 e. The molecule has 5 aromatic rings. The number of phenolic OH excluding ortho intramolecular Hbond substituents is 1. The average molecular weight is 468 g/mol. The maximum atomic E-state index is 13.1.